The summed E-state index contributed by atoms with van der Waals surface area (Å²) in [6.07, 6.45) is 18.5. The Kier molecular flexibility index (Phi) is 10.4. The molecule has 0 N–H and O–H groups in total. The molecule has 0 amide bonds. The van der Waals surface area contributed by atoms with Gasteiger partial charge < -0.3 is 0 Å². The lowest BCUT2D eigenvalue weighted by molar-refractivity contribution is 0.663. The van der Waals surface area contributed by atoms with Gasteiger partial charge in [0.25, 0.3) is 0 Å². The normalized spacial score (nSPS) is 13.9. The van der Waals surface area contributed by atoms with Crippen LogP contribution in [0.25, 0.3) is 0 Å². The van der Waals surface area contributed by atoms with Gasteiger partial charge in [0.15, 0.2) is 0 Å². The standard InChI is InChI=1S/C8H12.C2H2.CH4/c1-2-3-5-8-6-4-7-8;1-2;/h2-3,5H,4,6-7H2,1H3;1-2H;1H4/b3-2-;;. The lowest BCUT2D eigenvalue weighted by atomic mass is 9.92. The summed E-state index contributed by atoms with van der Waals surface area (Å²) >= 11 is 0. The number of hydrogen-bond donors (Lipinski definition) is 0. The Morgan fingerprint density at radius 2 is 1.82 bits per heavy atom. The molecule has 1 aliphatic rings. The first-order valence-electron chi connectivity index (χ1n) is 3.57. The van der Waals surface area contributed by atoms with Gasteiger partial charge in [-0.2, -0.15) is 0 Å². The summed E-state index contributed by atoms with van der Waals surface area (Å²) in [7, 11) is 0. The second kappa shape index (κ2) is 9.04. The molecule has 1 saturated carbocycles. The van der Waals surface area contributed by atoms with Crippen LogP contribution in [0.5, 0.6) is 0 Å². The van der Waals surface area contributed by atoms with E-state index in [1.165, 1.54) is 19.3 Å². The van der Waals surface area contributed by atoms with E-state index in [1.807, 2.05) is 0 Å². The van der Waals surface area contributed by atoms with Crippen LogP contribution in [0.4, 0.5) is 0 Å². The molecule has 1 rings (SSSR count). The Hall–Kier alpha value is -0.960. The Morgan fingerprint density at radius 3 is 2.09 bits per heavy atom. The second-order valence-electron chi connectivity index (χ2n) is 2.20. The maximum Gasteiger partial charge on any atom is -0.0314 e. The third-order valence-electron chi connectivity index (χ3n) is 1.52. The molecular formula is C11H18. The van der Waals surface area contributed by atoms with Gasteiger partial charge in [-0.05, 0) is 26.2 Å². The van der Waals surface area contributed by atoms with E-state index >= 15 is 0 Å². The zero-order chi connectivity index (χ0) is 7.82. The van der Waals surface area contributed by atoms with Crippen molar-refractivity contribution in [2.45, 2.75) is 33.6 Å². The minimum absolute atomic E-state index is 0. The molecule has 62 valence electrons. The van der Waals surface area contributed by atoms with Crippen LogP contribution in [0.1, 0.15) is 33.6 Å². The summed E-state index contributed by atoms with van der Waals surface area (Å²) in [5.41, 5.74) is 1.61. The van der Waals surface area contributed by atoms with E-state index in [0.29, 0.717) is 0 Å². The van der Waals surface area contributed by atoms with Gasteiger partial charge in [0.2, 0.25) is 0 Å². The van der Waals surface area contributed by atoms with Gasteiger partial charge in [0.1, 0.15) is 0 Å². The molecular weight excluding hydrogens is 132 g/mol. The molecule has 0 aromatic heterocycles. The Labute approximate surface area is 71.0 Å². The smallest absolute Gasteiger partial charge is 0.0314 e. The molecule has 0 aromatic rings. The topological polar surface area (TPSA) is 0 Å². The van der Waals surface area contributed by atoms with Crippen LogP contribution in [-0.2, 0) is 0 Å². The number of allylic oxidation sites excluding steroid dienone is 4. The molecule has 1 aliphatic carbocycles. The molecule has 0 radical (unpaired) electrons. The minimum atomic E-state index is 0. The van der Waals surface area contributed by atoms with Gasteiger partial charge in [0, 0.05) is 0 Å². The third kappa shape index (κ3) is 5.48. The molecule has 0 spiro atoms. The molecule has 0 nitrogen and oxygen atoms in total. The fraction of sp³-hybridized carbons (Fsp3) is 0.455. The fourth-order valence-corrected chi connectivity index (χ4v) is 0.780. The summed E-state index contributed by atoms with van der Waals surface area (Å²) in [6, 6.07) is 0. The highest BCUT2D eigenvalue weighted by molar-refractivity contribution is 5.16. The van der Waals surface area contributed by atoms with Crippen molar-refractivity contribution in [3.63, 3.8) is 0 Å². The van der Waals surface area contributed by atoms with Crippen molar-refractivity contribution >= 4 is 0 Å². The van der Waals surface area contributed by atoms with Gasteiger partial charge in [-0.3, -0.25) is 0 Å². The van der Waals surface area contributed by atoms with E-state index in [4.69, 9.17) is 0 Å². The highest BCUT2D eigenvalue weighted by Crippen LogP contribution is 2.24. The van der Waals surface area contributed by atoms with Crippen LogP contribution >= 0.6 is 0 Å². The van der Waals surface area contributed by atoms with Crippen molar-refractivity contribution in [3.05, 3.63) is 23.8 Å². The zero-order valence-electron chi connectivity index (χ0n) is 6.51. The van der Waals surface area contributed by atoms with E-state index < -0.39 is 0 Å². The molecule has 1 fully saturated rings. The maximum absolute atomic E-state index is 4.00. The zero-order valence-corrected chi connectivity index (χ0v) is 6.51. The van der Waals surface area contributed by atoms with E-state index in [-0.39, 0.29) is 7.43 Å². The highest BCUT2D eigenvalue weighted by atomic mass is 14.1. The maximum atomic E-state index is 4.00. The molecule has 0 aromatic carbocycles. The van der Waals surface area contributed by atoms with Crippen molar-refractivity contribution in [1.82, 2.24) is 0 Å². The average molecular weight is 150 g/mol. The number of hydrogen-bond acceptors (Lipinski definition) is 0. The van der Waals surface area contributed by atoms with Gasteiger partial charge in [-0.25, -0.2) is 0 Å². The lowest BCUT2D eigenvalue weighted by Crippen LogP contribution is -1.94. The quantitative estimate of drug-likeness (QED) is 0.501. The number of rotatable bonds is 1. The molecule has 0 aliphatic heterocycles. The lowest BCUT2D eigenvalue weighted by Gasteiger charge is -2.14. The SMILES string of the molecule is C.C#C.C/C=C\C=C1CCC1. The van der Waals surface area contributed by atoms with Gasteiger partial charge in [0.05, 0.1) is 0 Å². The van der Waals surface area contributed by atoms with Crippen LogP contribution in [-0.4, -0.2) is 0 Å². The predicted octanol–water partition coefficient (Wildman–Crippen LogP) is 3.56. The van der Waals surface area contributed by atoms with Crippen LogP contribution in [0, 0.1) is 12.8 Å². The largest absolute Gasteiger partial charge is 0.124 e. The first-order valence-corrected chi connectivity index (χ1v) is 3.57. The fourth-order valence-electron chi connectivity index (χ4n) is 0.780. The average Bonchev–Trinajstić information content (AvgIpc) is 1.90. The number of terminal acetylenes is 1. The monoisotopic (exact) mass is 150 g/mol. The first kappa shape index (κ1) is 12.7. The van der Waals surface area contributed by atoms with E-state index in [0.717, 1.165) is 0 Å². The predicted molar refractivity (Wildman–Crippen MR) is 53.4 cm³/mol. The molecule has 0 saturated heterocycles. The molecule has 0 heterocycles. The Balaban J connectivity index is 0. The van der Waals surface area contributed by atoms with Crippen molar-refractivity contribution in [3.8, 4) is 12.8 Å². The van der Waals surface area contributed by atoms with E-state index in [1.54, 1.807) is 5.57 Å². The van der Waals surface area contributed by atoms with Crippen molar-refractivity contribution in [1.29, 1.82) is 0 Å². The van der Waals surface area contributed by atoms with Gasteiger partial charge in [-0.15, -0.1) is 12.8 Å². The van der Waals surface area contributed by atoms with Gasteiger partial charge >= 0.3 is 0 Å². The van der Waals surface area contributed by atoms with Crippen molar-refractivity contribution < 1.29 is 0 Å². The van der Waals surface area contributed by atoms with E-state index in [9.17, 15) is 0 Å². The van der Waals surface area contributed by atoms with Gasteiger partial charge in [-0.1, -0.05) is 31.2 Å². The molecule has 11 heavy (non-hydrogen) atoms. The van der Waals surface area contributed by atoms with Crippen LogP contribution in [0.2, 0.25) is 0 Å². The van der Waals surface area contributed by atoms with Crippen LogP contribution < -0.4 is 0 Å². The van der Waals surface area contributed by atoms with Crippen LogP contribution in [0.3, 0.4) is 0 Å². The summed E-state index contributed by atoms with van der Waals surface area (Å²) in [6.45, 7) is 2.05. The summed E-state index contributed by atoms with van der Waals surface area (Å²) in [5.74, 6) is 0. The van der Waals surface area contributed by atoms with Crippen molar-refractivity contribution in [2.24, 2.45) is 0 Å². The van der Waals surface area contributed by atoms with Crippen molar-refractivity contribution in [2.75, 3.05) is 0 Å². The third-order valence-corrected chi connectivity index (χ3v) is 1.52. The minimum Gasteiger partial charge on any atom is -0.124 e. The Morgan fingerprint density at radius 1 is 1.27 bits per heavy atom. The second-order valence-corrected chi connectivity index (χ2v) is 2.20. The highest BCUT2D eigenvalue weighted by Gasteiger charge is 2.05. The molecule has 0 bridgehead atoms. The molecule has 0 atom stereocenters. The van der Waals surface area contributed by atoms with Crippen LogP contribution in [0.15, 0.2) is 23.8 Å². The first-order chi connectivity index (χ1) is 4.93. The summed E-state index contributed by atoms with van der Waals surface area (Å²) < 4.78 is 0. The Bertz CT molecular complexity index is 141. The summed E-state index contributed by atoms with van der Waals surface area (Å²) in [4.78, 5) is 0. The molecule has 0 unspecified atom stereocenters. The summed E-state index contributed by atoms with van der Waals surface area (Å²) in [5, 5.41) is 0. The van der Waals surface area contributed by atoms with E-state index in [2.05, 4.69) is 38.0 Å². The molecule has 0 heteroatoms.